The van der Waals surface area contributed by atoms with E-state index in [1.165, 1.54) is 19.3 Å². The van der Waals surface area contributed by atoms with Gasteiger partial charge in [-0.1, -0.05) is 6.42 Å². The van der Waals surface area contributed by atoms with Gasteiger partial charge < -0.3 is 9.73 Å². The Labute approximate surface area is 115 Å². The summed E-state index contributed by atoms with van der Waals surface area (Å²) in [6.45, 7) is 9.11. The molecular formula is C15H24N2O2. The van der Waals surface area contributed by atoms with Gasteiger partial charge in [0.2, 0.25) is 0 Å². The number of carbonyl (C=O) groups excluding carboxylic acids is 1. The monoisotopic (exact) mass is 264 g/mol. The number of carbonyl (C=O) groups is 1. The number of hydrogen-bond donors (Lipinski definition) is 1. The Kier molecular flexibility index (Phi) is 4.30. The third kappa shape index (κ3) is 3.60. The van der Waals surface area contributed by atoms with Crippen molar-refractivity contribution in [3.63, 3.8) is 0 Å². The van der Waals surface area contributed by atoms with Crippen LogP contribution in [0.15, 0.2) is 16.5 Å². The third-order valence-corrected chi connectivity index (χ3v) is 3.86. The van der Waals surface area contributed by atoms with Crippen LogP contribution in [0.3, 0.4) is 0 Å². The zero-order chi connectivity index (χ0) is 13.9. The Morgan fingerprint density at radius 2 is 2.00 bits per heavy atom. The number of rotatable bonds is 4. The summed E-state index contributed by atoms with van der Waals surface area (Å²) < 4.78 is 5.33. The van der Waals surface area contributed by atoms with Gasteiger partial charge in [0.1, 0.15) is 5.76 Å². The Balaban J connectivity index is 1.88. The fourth-order valence-electron chi connectivity index (χ4n) is 2.55. The number of furan rings is 1. The van der Waals surface area contributed by atoms with Crippen molar-refractivity contribution in [2.24, 2.45) is 0 Å². The smallest absolute Gasteiger partial charge is 0.287 e. The third-order valence-electron chi connectivity index (χ3n) is 3.86. The number of amides is 1. The number of nitrogens with one attached hydrogen (secondary N) is 1. The van der Waals surface area contributed by atoms with Crippen LogP contribution in [0.2, 0.25) is 0 Å². The maximum absolute atomic E-state index is 12.0. The van der Waals surface area contributed by atoms with Gasteiger partial charge in [-0.3, -0.25) is 9.69 Å². The first-order valence-electron chi connectivity index (χ1n) is 7.09. The van der Waals surface area contributed by atoms with E-state index in [0.29, 0.717) is 12.3 Å². The second-order valence-corrected chi connectivity index (χ2v) is 5.95. The second-order valence-electron chi connectivity index (χ2n) is 5.95. The molecule has 4 heteroatoms. The number of hydrogen-bond acceptors (Lipinski definition) is 3. The van der Waals surface area contributed by atoms with Crippen LogP contribution in [0.4, 0.5) is 0 Å². The molecule has 1 aromatic rings. The molecule has 1 aromatic heterocycles. The van der Waals surface area contributed by atoms with E-state index in [4.69, 9.17) is 4.42 Å². The van der Waals surface area contributed by atoms with E-state index >= 15 is 0 Å². The van der Waals surface area contributed by atoms with E-state index in [-0.39, 0.29) is 11.4 Å². The van der Waals surface area contributed by atoms with Crippen LogP contribution in [0.5, 0.6) is 0 Å². The molecule has 2 rings (SSSR count). The van der Waals surface area contributed by atoms with Crippen LogP contribution in [0, 0.1) is 6.92 Å². The molecule has 4 nitrogen and oxygen atoms in total. The van der Waals surface area contributed by atoms with E-state index in [9.17, 15) is 4.79 Å². The molecule has 106 valence electrons. The van der Waals surface area contributed by atoms with Crippen LogP contribution in [-0.4, -0.2) is 36.0 Å². The number of piperidine rings is 1. The van der Waals surface area contributed by atoms with Crippen molar-refractivity contribution >= 4 is 5.91 Å². The normalized spacial score (nSPS) is 17.4. The topological polar surface area (TPSA) is 45.5 Å². The molecule has 0 spiro atoms. The van der Waals surface area contributed by atoms with E-state index < -0.39 is 0 Å². The van der Waals surface area contributed by atoms with Crippen molar-refractivity contribution in [1.29, 1.82) is 0 Å². The van der Waals surface area contributed by atoms with Gasteiger partial charge in [0, 0.05) is 12.1 Å². The largest absolute Gasteiger partial charge is 0.456 e. The SMILES string of the molecule is Cc1ccc(C(=O)NCC(C)(C)N2CCCCC2)o1. The zero-order valence-electron chi connectivity index (χ0n) is 12.2. The molecule has 2 heterocycles. The molecule has 0 unspecified atom stereocenters. The zero-order valence-corrected chi connectivity index (χ0v) is 12.2. The highest BCUT2D eigenvalue weighted by molar-refractivity contribution is 5.91. The van der Waals surface area contributed by atoms with Crippen molar-refractivity contribution in [2.75, 3.05) is 19.6 Å². The van der Waals surface area contributed by atoms with Gasteiger partial charge in [-0.2, -0.15) is 0 Å². The van der Waals surface area contributed by atoms with Crippen molar-refractivity contribution in [3.8, 4) is 0 Å². The maximum Gasteiger partial charge on any atom is 0.287 e. The number of likely N-dealkylation sites (tertiary alicyclic amines) is 1. The molecule has 1 aliphatic rings. The lowest BCUT2D eigenvalue weighted by molar-refractivity contribution is 0.0779. The quantitative estimate of drug-likeness (QED) is 0.909. The Hall–Kier alpha value is -1.29. The predicted molar refractivity (Wildman–Crippen MR) is 75.3 cm³/mol. The summed E-state index contributed by atoms with van der Waals surface area (Å²) in [6.07, 6.45) is 3.84. The van der Waals surface area contributed by atoms with E-state index in [1.807, 2.05) is 13.0 Å². The molecule has 0 aromatic carbocycles. The van der Waals surface area contributed by atoms with Crippen LogP contribution >= 0.6 is 0 Å². The highest BCUT2D eigenvalue weighted by Gasteiger charge is 2.28. The predicted octanol–water partition coefficient (Wildman–Crippen LogP) is 2.58. The number of nitrogens with zero attached hydrogens (tertiary/aromatic N) is 1. The van der Waals surface area contributed by atoms with E-state index in [0.717, 1.165) is 18.8 Å². The molecule has 1 saturated heterocycles. The average Bonchev–Trinajstić information content (AvgIpc) is 2.84. The summed E-state index contributed by atoms with van der Waals surface area (Å²) in [4.78, 5) is 14.4. The van der Waals surface area contributed by atoms with Gasteiger partial charge in [0.15, 0.2) is 5.76 Å². The minimum absolute atomic E-state index is 0.00226. The number of aryl methyl sites for hydroxylation is 1. The van der Waals surface area contributed by atoms with E-state index in [1.54, 1.807) is 6.07 Å². The van der Waals surface area contributed by atoms with Gasteiger partial charge in [-0.25, -0.2) is 0 Å². The fraction of sp³-hybridized carbons (Fsp3) is 0.667. The molecule has 0 atom stereocenters. The average molecular weight is 264 g/mol. The van der Waals surface area contributed by atoms with Gasteiger partial charge in [-0.05, 0) is 58.8 Å². The Morgan fingerprint density at radius 3 is 2.58 bits per heavy atom. The Morgan fingerprint density at radius 1 is 1.32 bits per heavy atom. The minimum atomic E-state index is -0.127. The molecule has 1 N–H and O–H groups in total. The molecule has 0 saturated carbocycles. The Bertz CT molecular complexity index is 431. The minimum Gasteiger partial charge on any atom is -0.456 e. The lowest BCUT2D eigenvalue weighted by atomic mass is 9.98. The van der Waals surface area contributed by atoms with Crippen LogP contribution in [-0.2, 0) is 0 Å². The van der Waals surface area contributed by atoms with Crippen molar-refractivity contribution in [1.82, 2.24) is 10.2 Å². The van der Waals surface area contributed by atoms with Crippen LogP contribution in [0.25, 0.3) is 0 Å². The van der Waals surface area contributed by atoms with Gasteiger partial charge in [0.25, 0.3) is 5.91 Å². The maximum atomic E-state index is 12.0. The first-order valence-corrected chi connectivity index (χ1v) is 7.09. The van der Waals surface area contributed by atoms with Crippen LogP contribution < -0.4 is 5.32 Å². The molecule has 1 aliphatic heterocycles. The highest BCUT2D eigenvalue weighted by atomic mass is 16.3. The standard InChI is InChI=1S/C15H24N2O2/c1-12-7-8-13(19-12)14(18)16-11-15(2,3)17-9-5-4-6-10-17/h7-8H,4-6,9-11H2,1-3H3,(H,16,18). The second kappa shape index (κ2) is 5.78. The first-order chi connectivity index (χ1) is 8.99. The lowest BCUT2D eigenvalue weighted by Gasteiger charge is -2.41. The van der Waals surface area contributed by atoms with Crippen molar-refractivity contribution < 1.29 is 9.21 Å². The summed E-state index contributed by atoms with van der Waals surface area (Å²) in [6, 6.07) is 3.53. The van der Waals surface area contributed by atoms with Gasteiger partial charge >= 0.3 is 0 Å². The first kappa shape index (κ1) is 14.1. The molecule has 19 heavy (non-hydrogen) atoms. The van der Waals surface area contributed by atoms with Gasteiger partial charge in [0.05, 0.1) is 0 Å². The molecule has 1 amide bonds. The summed E-state index contributed by atoms with van der Waals surface area (Å²) in [5, 5.41) is 2.98. The summed E-state index contributed by atoms with van der Waals surface area (Å²) >= 11 is 0. The molecular weight excluding hydrogens is 240 g/mol. The van der Waals surface area contributed by atoms with E-state index in [2.05, 4.69) is 24.1 Å². The highest BCUT2D eigenvalue weighted by Crippen LogP contribution is 2.20. The summed E-state index contributed by atoms with van der Waals surface area (Å²) in [5.74, 6) is 1.03. The lowest BCUT2D eigenvalue weighted by Crippen LogP contribution is -2.53. The summed E-state index contributed by atoms with van der Waals surface area (Å²) in [5.41, 5.74) is -0.00226. The van der Waals surface area contributed by atoms with Crippen molar-refractivity contribution in [3.05, 3.63) is 23.7 Å². The summed E-state index contributed by atoms with van der Waals surface area (Å²) in [7, 11) is 0. The van der Waals surface area contributed by atoms with Gasteiger partial charge in [-0.15, -0.1) is 0 Å². The molecule has 0 bridgehead atoms. The van der Waals surface area contributed by atoms with Crippen molar-refractivity contribution in [2.45, 2.75) is 45.6 Å². The molecule has 0 radical (unpaired) electrons. The molecule has 0 aliphatic carbocycles. The fourth-order valence-corrected chi connectivity index (χ4v) is 2.55. The molecule has 1 fully saturated rings. The van der Waals surface area contributed by atoms with Crippen LogP contribution in [0.1, 0.15) is 49.4 Å².